The molecule has 0 aromatic heterocycles. The predicted octanol–water partition coefficient (Wildman–Crippen LogP) is 3.75. The van der Waals surface area contributed by atoms with Gasteiger partial charge < -0.3 is 11.1 Å². The highest BCUT2D eigenvalue weighted by Crippen LogP contribution is 2.24. The molecule has 0 fully saturated rings. The Bertz CT molecular complexity index is 735. The molecule has 0 saturated heterocycles. The lowest BCUT2D eigenvalue weighted by Crippen LogP contribution is -2.39. The number of carbonyl (C=O) groups excluding carboxylic acids is 1. The average Bonchev–Trinajstić information content (AvgIpc) is 2.53. The van der Waals surface area contributed by atoms with Gasteiger partial charge in [-0.2, -0.15) is 26.3 Å². The molecule has 0 aliphatic rings. The van der Waals surface area contributed by atoms with Gasteiger partial charge >= 0.3 is 12.4 Å². The van der Waals surface area contributed by atoms with Crippen molar-refractivity contribution in [1.82, 2.24) is 5.32 Å². The zero-order valence-electron chi connectivity index (χ0n) is 14.6. The van der Waals surface area contributed by atoms with Crippen LogP contribution in [0.4, 0.5) is 32.0 Å². The monoisotopic (exact) mass is 395 g/mol. The van der Waals surface area contributed by atoms with Crippen molar-refractivity contribution in [2.24, 2.45) is 4.99 Å². The maximum Gasteiger partial charge on any atom is 0.433 e. The first kappa shape index (κ1) is 22.5. The van der Waals surface area contributed by atoms with Crippen LogP contribution in [-0.2, 0) is 11.2 Å². The first-order valence-electron chi connectivity index (χ1n) is 7.79. The van der Waals surface area contributed by atoms with Gasteiger partial charge in [-0.1, -0.05) is 18.2 Å². The van der Waals surface area contributed by atoms with E-state index in [0.29, 0.717) is 5.69 Å². The van der Waals surface area contributed by atoms with Gasteiger partial charge in [0.1, 0.15) is 6.54 Å². The number of alkyl halides is 6. The molecule has 150 valence electrons. The fourth-order valence-corrected chi connectivity index (χ4v) is 2.25. The van der Waals surface area contributed by atoms with Gasteiger partial charge in [-0.15, -0.1) is 0 Å². The van der Waals surface area contributed by atoms with Crippen LogP contribution in [0.2, 0.25) is 0 Å². The summed E-state index contributed by atoms with van der Waals surface area (Å²) in [4.78, 5) is 14.9. The molecule has 0 atom stereocenters. The summed E-state index contributed by atoms with van der Waals surface area (Å²) in [6.07, 6.45) is -8.52. The number of halogens is 6. The third-order valence-electron chi connectivity index (χ3n) is 3.56. The number of amides is 1. The predicted molar refractivity (Wildman–Crippen MR) is 90.5 cm³/mol. The minimum absolute atomic E-state index is 0.00672. The molecule has 0 heterocycles. The SMILES string of the molecule is C/N=C(\C(=C/CCc1ccc(N)c(C)c1)C(=O)NCC(F)(F)F)C(F)(F)F. The van der Waals surface area contributed by atoms with Crippen LogP contribution in [0.15, 0.2) is 34.8 Å². The number of nitrogens with one attached hydrogen (secondary N) is 1. The van der Waals surface area contributed by atoms with E-state index in [-0.39, 0.29) is 12.8 Å². The van der Waals surface area contributed by atoms with Crippen molar-refractivity contribution in [3.8, 4) is 0 Å². The molecule has 0 spiro atoms. The molecule has 1 aromatic carbocycles. The first-order valence-corrected chi connectivity index (χ1v) is 7.79. The Balaban J connectivity index is 3.03. The van der Waals surface area contributed by atoms with Crippen LogP contribution in [0, 0.1) is 6.92 Å². The van der Waals surface area contributed by atoms with E-state index in [0.717, 1.165) is 24.3 Å². The highest BCUT2D eigenvalue weighted by atomic mass is 19.4. The van der Waals surface area contributed by atoms with Gasteiger partial charge in [0.05, 0.1) is 5.57 Å². The Labute approximate surface area is 152 Å². The number of hydrogen-bond donors (Lipinski definition) is 2. The van der Waals surface area contributed by atoms with E-state index in [9.17, 15) is 31.1 Å². The van der Waals surface area contributed by atoms with Crippen molar-refractivity contribution in [3.63, 3.8) is 0 Å². The minimum Gasteiger partial charge on any atom is -0.399 e. The number of hydrogen-bond acceptors (Lipinski definition) is 3. The van der Waals surface area contributed by atoms with Crippen molar-refractivity contribution < 1.29 is 31.1 Å². The molecule has 1 rings (SSSR count). The fraction of sp³-hybridized carbons (Fsp3) is 0.412. The smallest absolute Gasteiger partial charge is 0.399 e. The first-order chi connectivity index (χ1) is 12.3. The number of benzene rings is 1. The number of rotatable bonds is 6. The number of nitrogens with two attached hydrogens (primary N) is 1. The van der Waals surface area contributed by atoms with Gasteiger partial charge in [0, 0.05) is 12.7 Å². The molecule has 0 bridgehead atoms. The number of nitrogens with zero attached hydrogens (tertiary/aromatic N) is 1. The lowest BCUT2D eigenvalue weighted by Gasteiger charge is -2.15. The number of anilines is 1. The van der Waals surface area contributed by atoms with Gasteiger partial charge in [0.2, 0.25) is 0 Å². The van der Waals surface area contributed by atoms with Crippen molar-refractivity contribution in [3.05, 3.63) is 41.0 Å². The van der Waals surface area contributed by atoms with Crippen molar-refractivity contribution in [2.45, 2.75) is 32.1 Å². The van der Waals surface area contributed by atoms with Crippen LogP contribution in [0.5, 0.6) is 0 Å². The standard InChI is InChI=1S/C17H19F6N3O/c1-10-8-11(6-7-13(10)24)4-3-5-12(14(25-2)17(21,22)23)15(27)26-9-16(18,19)20/h5-8H,3-4,9,24H2,1-2H3,(H,26,27)/b12-5+,25-14+. The summed E-state index contributed by atoms with van der Waals surface area (Å²) in [6.45, 7) is 0.0192. The number of aliphatic imine (C=N–C) groups is 1. The molecule has 0 saturated carbocycles. The minimum atomic E-state index is -4.98. The lowest BCUT2D eigenvalue weighted by molar-refractivity contribution is -0.136. The largest absolute Gasteiger partial charge is 0.433 e. The topological polar surface area (TPSA) is 67.5 Å². The van der Waals surface area contributed by atoms with Crippen molar-refractivity contribution in [2.75, 3.05) is 19.3 Å². The normalized spacial score (nSPS) is 13.6. The number of nitrogen functional groups attached to an aromatic ring is 1. The summed E-state index contributed by atoms with van der Waals surface area (Å²) in [6, 6.07) is 5.06. The molecular weight excluding hydrogens is 376 g/mol. The molecular formula is C17H19F6N3O. The van der Waals surface area contributed by atoms with Crippen LogP contribution in [-0.4, -0.2) is 37.6 Å². The van der Waals surface area contributed by atoms with Crippen LogP contribution in [0.25, 0.3) is 0 Å². The zero-order valence-corrected chi connectivity index (χ0v) is 14.6. The van der Waals surface area contributed by atoms with Gasteiger partial charge in [-0.3, -0.25) is 9.79 Å². The molecule has 0 aliphatic carbocycles. The number of allylic oxidation sites excluding steroid dienone is 1. The van der Waals surface area contributed by atoms with Gasteiger partial charge in [0.25, 0.3) is 5.91 Å². The summed E-state index contributed by atoms with van der Waals surface area (Å²) in [5.74, 6) is -1.49. The van der Waals surface area contributed by atoms with E-state index in [2.05, 4.69) is 4.99 Å². The Kier molecular flexibility index (Phi) is 7.44. The lowest BCUT2D eigenvalue weighted by atomic mass is 10.0. The molecule has 1 aromatic rings. The molecule has 27 heavy (non-hydrogen) atoms. The Morgan fingerprint density at radius 2 is 1.85 bits per heavy atom. The summed E-state index contributed by atoms with van der Waals surface area (Å²) in [7, 11) is 0.817. The maximum absolute atomic E-state index is 13.1. The third-order valence-corrected chi connectivity index (χ3v) is 3.56. The molecule has 0 unspecified atom stereocenters. The zero-order chi connectivity index (χ0) is 20.8. The number of aryl methyl sites for hydroxylation is 2. The highest BCUT2D eigenvalue weighted by molar-refractivity contribution is 6.23. The van der Waals surface area contributed by atoms with E-state index in [1.807, 2.05) is 0 Å². The van der Waals surface area contributed by atoms with Crippen LogP contribution < -0.4 is 11.1 Å². The van der Waals surface area contributed by atoms with Crippen molar-refractivity contribution >= 4 is 17.3 Å². The second-order valence-corrected chi connectivity index (χ2v) is 5.72. The van der Waals surface area contributed by atoms with Crippen LogP contribution in [0.3, 0.4) is 0 Å². The second-order valence-electron chi connectivity index (χ2n) is 5.72. The van der Waals surface area contributed by atoms with Gasteiger partial charge in [-0.25, -0.2) is 0 Å². The maximum atomic E-state index is 13.1. The van der Waals surface area contributed by atoms with E-state index >= 15 is 0 Å². The van der Waals surface area contributed by atoms with Crippen LogP contribution in [0.1, 0.15) is 17.5 Å². The fourth-order valence-electron chi connectivity index (χ4n) is 2.25. The summed E-state index contributed by atoms with van der Waals surface area (Å²) < 4.78 is 75.9. The van der Waals surface area contributed by atoms with Crippen LogP contribution >= 0.6 is 0 Å². The van der Waals surface area contributed by atoms with E-state index in [4.69, 9.17) is 5.73 Å². The average molecular weight is 395 g/mol. The van der Waals surface area contributed by atoms with Gasteiger partial charge in [0.15, 0.2) is 5.71 Å². The highest BCUT2D eigenvalue weighted by Gasteiger charge is 2.40. The summed E-state index contributed by atoms with van der Waals surface area (Å²) >= 11 is 0. The second kappa shape index (κ2) is 8.92. The number of carbonyl (C=O) groups is 1. The molecule has 10 heteroatoms. The van der Waals surface area contributed by atoms with E-state index in [1.54, 1.807) is 25.1 Å². The molecule has 1 amide bonds. The molecule has 0 radical (unpaired) electrons. The van der Waals surface area contributed by atoms with Crippen molar-refractivity contribution in [1.29, 1.82) is 0 Å². The Hall–Kier alpha value is -2.52. The third kappa shape index (κ3) is 7.32. The molecule has 4 nitrogen and oxygen atoms in total. The summed E-state index contributed by atoms with van der Waals surface area (Å²) in [5, 5.41) is 1.45. The Morgan fingerprint density at radius 3 is 2.33 bits per heavy atom. The molecule has 3 N–H and O–H groups in total. The van der Waals surface area contributed by atoms with E-state index < -0.39 is 36.1 Å². The Morgan fingerprint density at radius 1 is 1.22 bits per heavy atom. The molecule has 0 aliphatic heterocycles. The summed E-state index contributed by atoms with van der Waals surface area (Å²) in [5.41, 5.74) is 5.30. The van der Waals surface area contributed by atoms with Gasteiger partial charge in [-0.05, 0) is 37.0 Å². The van der Waals surface area contributed by atoms with E-state index in [1.165, 1.54) is 5.32 Å². The quantitative estimate of drug-likeness (QED) is 0.333.